The van der Waals surface area contributed by atoms with Crippen molar-refractivity contribution >= 4 is 5.91 Å². The van der Waals surface area contributed by atoms with E-state index in [4.69, 9.17) is 0 Å². The molecule has 2 nitrogen and oxygen atoms in total. The smallest absolute Gasteiger partial charge is 0.251 e. The summed E-state index contributed by atoms with van der Waals surface area (Å²) in [6, 6.07) is 3.66. The molecular formula is C14H16F3NO. The second-order valence-electron chi connectivity index (χ2n) is 5.32. The Kier molecular flexibility index (Phi) is 3.56. The van der Waals surface area contributed by atoms with Crippen molar-refractivity contribution in [1.29, 1.82) is 0 Å². The van der Waals surface area contributed by atoms with E-state index >= 15 is 0 Å². The van der Waals surface area contributed by atoms with Crippen LogP contribution in [0.15, 0.2) is 18.2 Å². The molecule has 0 bridgehead atoms. The van der Waals surface area contributed by atoms with Gasteiger partial charge in [0.25, 0.3) is 5.91 Å². The molecule has 0 radical (unpaired) electrons. The Bertz CT molecular complexity index is 491. The Labute approximate surface area is 110 Å². The maximum absolute atomic E-state index is 13.3. The minimum absolute atomic E-state index is 0.0913. The molecule has 1 fully saturated rings. The van der Waals surface area contributed by atoms with Crippen LogP contribution in [0.4, 0.5) is 13.2 Å². The largest absolute Gasteiger partial charge is 0.350 e. The molecule has 1 amide bonds. The van der Waals surface area contributed by atoms with Gasteiger partial charge in [-0.25, -0.2) is 13.2 Å². The molecule has 1 aliphatic carbocycles. The molecule has 1 aromatic rings. The molecule has 0 aliphatic heterocycles. The van der Waals surface area contributed by atoms with Crippen LogP contribution in [0.5, 0.6) is 0 Å². The summed E-state index contributed by atoms with van der Waals surface area (Å²) in [5, 5.41) is 2.66. The Hall–Kier alpha value is -1.52. The molecule has 5 heteroatoms. The molecule has 0 saturated heterocycles. The van der Waals surface area contributed by atoms with Gasteiger partial charge in [-0.15, -0.1) is 0 Å². The fourth-order valence-electron chi connectivity index (χ4n) is 2.30. The topological polar surface area (TPSA) is 29.1 Å². The number of carbonyl (C=O) groups excluding carboxylic acids is 1. The highest BCUT2D eigenvalue weighted by Gasteiger charge is 2.46. The quantitative estimate of drug-likeness (QED) is 0.896. The summed E-state index contributed by atoms with van der Waals surface area (Å²) in [5.74, 6) is -3.99. The van der Waals surface area contributed by atoms with Gasteiger partial charge in [-0.2, -0.15) is 0 Å². The van der Waals surface area contributed by atoms with Gasteiger partial charge in [0.05, 0.1) is 0 Å². The summed E-state index contributed by atoms with van der Waals surface area (Å²) >= 11 is 0. The van der Waals surface area contributed by atoms with Crippen molar-refractivity contribution in [2.24, 2.45) is 0 Å². The van der Waals surface area contributed by atoms with Gasteiger partial charge in [-0.1, -0.05) is 6.07 Å². The first kappa shape index (κ1) is 13.9. The molecule has 0 atom stereocenters. The average Bonchev–Trinajstić information content (AvgIpc) is 2.24. The first-order valence-electron chi connectivity index (χ1n) is 6.26. The second-order valence-corrected chi connectivity index (χ2v) is 5.32. The van der Waals surface area contributed by atoms with Gasteiger partial charge in [-0.3, -0.25) is 4.79 Å². The first-order chi connectivity index (χ1) is 8.78. The molecule has 0 heterocycles. The van der Waals surface area contributed by atoms with Crippen LogP contribution in [0.3, 0.4) is 0 Å². The van der Waals surface area contributed by atoms with Crippen LogP contribution in [-0.4, -0.2) is 17.9 Å². The summed E-state index contributed by atoms with van der Waals surface area (Å²) < 4.78 is 39.1. The number of amides is 1. The van der Waals surface area contributed by atoms with Crippen LogP contribution in [0.1, 0.15) is 48.5 Å². The number of hydrogen-bond acceptors (Lipinski definition) is 1. The number of alkyl halides is 2. The lowest BCUT2D eigenvalue weighted by Gasteiger charge is -2.36. The highest BCUT2D eigenvalue weighted by atomic mass is 19.3. The maximum Gasteiger partial charge on any atom is 0.251 e. The van der Waals surface area contributed by atoms with E-state index in [1.807, 2.05) is 0 Å². The summed E-state index contributed by atoms with van der Waals surface area (Å²) in [7, 11) is 0. The zero-order chi connectivity index (χ0) is 14.2. The molecule has 104 valence electrons. The summed E-state index contributed by atoms with van der Waals surface area (Å²) in [4.78, 5) is 12.0. The Morgan fingerprint density at radius 1 is 1.37 bits per heavy atom. The zero-order valence-corrected chi connectivity index (χ0v) is 10.8. The Morgan fingerprint density at radius 2 is 2.00 bits per heavy atom. The first-order valence-corrected chi connectivity index (χ1v) is 6.26. The van der Waals surface area contributed by atoms with E-state index in [9.17, 15) is 18.0 Å². The van der Waals surface area contributed by atoms with Gasteiger partial charge in [0.15, 0.2) is 0 Å². The molecule has 1 saturated carbocycles. The highest BCUT2D eigenvalue weighted by molar-refractivity contribution is 5.96. The number of halogens is 3. The lowest BCUT2D eigenvalue weighted by Crippen LogP contribution is -2.36. The van der Waals surface area contributed by atoms with Crippen molar-refractivity contribution in [3.8, 4) is 0 Å². The minimum atomic E-state index is -2.66. The van der Waals surface area contributed by atoms with Gasteiger partial charge < -0.3 is 5.32 Å². The lowest BCUT2D eigenvalue weighted by molar-refractivity contribution is -0.0868. The molecule has 0 aromatic heterocycles. The van der Waals surface area contributed by atoms with Crippen LogP contribution in [0, 0.1) is 5.82 Å². The van der Waals surface area contributed by atoms with Crippen molar-refractivity contribution in [3.63, 3.8) is 0 Å². The van der Waals surface area contributed by atoms with Gasteiger partial charge in [-0.05, 0) is 37.5 Å². The molecule has 0 spiro atoms. The molecule has 1 aliphatic rings. The van der Waals surface area contributed by atoms with Crippen LogP contribution < -0.4 is 5.32 Å². The van der Waals surface area contributed by atoms with Crippen molar-refractivity contribution in [2.45, 2.75) is 44.6 Å². The third-order valence-electron chi connectivity index (χ3n) is 3.21. The van der Waals surface area contributed by atoms with E-state index < -0.39 is 17.6 Å². The standard InChI is InChI=1S/C14H16F3NO/c1-8(2)18-13(19)12-5-10(15)3-4-11(12)9-6-14(16,17)7-9/h3-5,8-9H,6-7H2,1-2H3,(H,18,19). The lowest BCUT2D eigenvalue weighted by atomic mass is 9.75. The average molecular weight is 271 g/mol. The number of carbonyl (C=O) groups is 1. The summed E-state index contributed by atoms with van der Waals surface area (Å²) in [6.45, 7) is 3.57. The number of hydrogen-bond donors (Lipinski definition) is 1. The van der Waals surface area contributed by atoms with Crippen molar-refractivity contribution in [2.75, 3.05) is 0 Å². The third kappa shape index (κ3) is 3.08. The fourth-order valence-corrected chi connectivity index (χ4v) is 2.30. The van der Waals surface area contributed by atoms with Crippen molar-refractivity contribution < 1.29 is 18.0 Å². The highest BCUT2D eigenvalue weighted by Crippen LogP contribution is 2.49. The van der Waals surface area contributed by atoms with Crippen LogP contribution >= 0.6 is 0 Å². The third-order valence-corrected chi connectivity index (χ3v) is 3.21. The minimum Gasteiger partial charge on any atom is -0.350 e. The van der Waals surface area contributed by atoms with Gasteiger partial charge in [0, 0.05) is 24.4 Å². The molecule has 1 N–H and O–H groups in total. The van der Waals surface area contributed by atoms with Gasteiger partial charge in [0.1, 0.15) is 5.82 Å². The van der Waals surface area contributed by atoms with E-state index in [1.54, 1.807) is 13.8 Å². The van der Waals surface area contributed by atoms with E-state index in [0.717, 1.165) is 6.07 Å². The molecule has 19 heavy (non-hydrogen) atoms. The van der Waals surface area contributed by atoms with E-state index in [-0.39, 0.29) is 30.4 Å². The monoisotopic (exact) mass is 271 g/mol. The fraction of sp³-hybridized carbons (Fsp3) is 0.500. The SMILES string of the molecule is CC(C)NC(=O)c1cc(F)ccc1C1CC(F)(F)C1. The number of benzene rings is 1. The van der Waals surface area contributed by atoms with E-state index in [0.29, 0.717) is 5.56 Å². The zero-order valence-electron chi connectivity index (χ0n) is 10.8. The predicted octanol–water partition coefficient (Wildman–Crippen LogP) is 3.48. The van der Waals surface area contributed by atoms with Gasteiger partial charge >= 0.3 is 0 Å². The van der Waals surface area contributed by atoms with Crippen molar-refractivity contribution in [1.82, 2.24) is 5.32 Å². The van der Waals surface area contributed by atoms with Crippen LogP contribution in [-0.2, 0) is 0 Å². The second kappa shape index (κ2) is 4.87. The number of rotatable bonds is 3. The van der Waals surface area contributed by atoms with E-state index in [2.05, 4.69) is 5.32 Å². The number of nitrogens with one attached hydrogen (secondary N) is 1. The van der Waals surface area contributed by atoms with Crippen LogP contribution in [0.2, 0.25) is 0 Å². The molecule has 0 unspecified atom stereocenters. The van der Waals surface area contributed by atoms with Crippen LogP contribution in [0.25, 0.3) is 0 Å². The van der Waals surface area contributed by atoms with E-state index in [1.165, 1.54) is 12.1 Å². The Morgan fingerprint density at radius 3 is 2.53 bits per heavy atom. The van der Waals surface area contributed by atoms with Gasteiger partial charge in [0.2, 0.25) is 5.92 Å². The maximum atomic E-state index is 13.3. The summed E-state index contributed by atoms with van der Waals surface area (Å²) in [5.41, 5.74) is 0.666. The summed E-state index contributed by atoms with van der Waals surface area (Å²) in [6.07, 6.45) is -0.554. The normalized spacial score (nSPS) is 18.2. The predicted molar refractivity (Wildman–Crippen MR) is 65.9 cm³/mol. The molecule has 2 rings (SSSR count). The molecule has 1 aromatic carbocycles. The Balaban J connectivity index is 2.26. The van der Waals surface area contributed by atoms with Crippen molar-refractivity contribution in [3.05, 3.63) is 35.1 Å². The molecular weight excluding hydrogens is 255 g/mol.